The number of pyridine rings is 1. The van der Waals surface area contributed by atoms with E-state index in [-0.39, 0.29) is 12.0 Å². The molecule has 0 bridgehead atoms. The zero-order valence-electron chi connectivity index (χ0n) is 17.7. The van der Waals surface area contributed by atoms with E-state index in [9.17, 15) is 4.79 Å². The van der Waals surface area contributed by atoms with Crippen LogP contribution in [0.15, 0.2) is 55.0 Å². The van der Waals surface area contributed by atoms with Crippen molar-refractivity contribution < 1.29 is 9.53 Å². The zero-order chi connectivity index (χ0) is 21.9. The van der Waals surface area contributed by atoms with E-state index < -0.39 is 0 Å². The molecular formula is C24H23N5O2S. The van der Waals surface area contributed by atoms with E-state index >= 15 is 0 Å². The maximum atomic E-state index is 13.0. The Balaban J connectivity index is 1.33. The van der Waals surface area contributed by atoms with Crippen molar-refractivity contribution in [3.63, 3.8) is 0 Å². The summed E-state index contributed by atoms with van der Waals surface area (Å²) < 4.78 is 5.92. The number of carbonyl (C=O) groups excluding carboxylic acids is 1. The Bertz CT molecular complexity index is 1260. The molecule has 0 spiro atoms. The fourth-order valence-electron chi connectivity index (χ4n) is 4.01. The SMILES string of the molecule is Cc1c(C(=O)NC[C@H]2OCCc3ccccc32)sc2ncnc(NCc3ccccn3)c12. The lowest BCUT2D eigenvalue weighted by Gasteiger charge is -2.26. The number of aryl methyl sites for hydroxylation is 1. The molecule has 0 radical (unpaired) electrons. The van der Waals surface area contributed by atoms with Crippen molar-refractivity contribution in [2.45, 2.75) is 26.0 Å². The quantitative estimate of drug-likeness (QED) is 0.465. The minimum Gasteiger partial charge on any atom is -0.371 e. The van der Waals surface area contributed by atoms with Crippen molar-refractivity contribution in [1.82, 2.24) is 20.3 Å². The predicted octanol–water partition coefficient (Wildman–Crippen LogP) is 4.05. The van der Waals surface area contributed by atoms with Crippen molar-refractivity contribution in [2.75, 3.05) is 18.5 Å². The van der Waals surface area contributed by atoms with Crippen molar-refractivity contribution in [2.24, 2.45) is 0 Å². The molecule has 162 valence electrons. The van der Waals surface area contributed by atoms with Gasteiger partial charge in [0.05, 0.1) is 29.1 Å². The third kappa shape index (κ3) is 4.06. The fraction of sp³-hybridized carbons (Fsp3) is 0.250. The monoisotopic (exact) mass is 445 g/mol. The number of aromatic nitrogens is 3. The smallest absolute Gasteiger partial charge is 0.261 e. The highest BCUT2D eigenvalue weighted by molar-refractivity contribution is 7.20. The van der Waals surface area contributed by atoms with Gasteiger partial charge in [0.15, 0.2) is 0 Å². The number of nitrogens with one attached hydrogen (secondary N) is 2. The van der Waals surface area contributed by atoms with Crippen LogP contribution in [-0.2, 0) is 17.7 Å². The largest absolute Gasteiger partial charge is 0.371 e. The molecule has 0 saturated carbocycles. The van der Waals surface area contributed by atoms with Crippen LogP contribution in [0.2, 0.25) is 0 Å². The lowest BCUT2D eigenvalue weighted by atomic mass is 9.97. The number of hydrogen-bond acceptors (Lipinski definition) is 7. The zero-order valence-corrected chi connectivity index (χ0v) is 18.5. The first kappa shape index (κ1) is 20.5. The maximum Gasteiger partial charge on any atom is 0.261 e. The van der Waals surface area contributed by atoms with Crippen LogP contribution < -0.4 is 10.6 Å². The Morgan fingerprint density at radius 2 is 2.03 bits per heavy atom. The molecule has 1 amide bonds. The van der Waals surface area contributed by atoms with Crippen LogP contribution in [0.25, 0.3) is 10.2 Å². The van der Waals surface area contributed by atoms with E-state index in [1.54, 1.807) is 6.20 Å². The van der Waals surface area contributed by atoms with Crippen molar-refractivity contribution >= 4 is 33.3 Å². The van der Waals surface area contributed by atoms with Gasteiger partial charge >= 0.3 is 0 Å². The Hall–Kier alpha value is -3.36. The summed E-state index contributed by atoms with van der Waals surface area (Å²) in [6.07, 6.45) is 4.06. The summed E-state index contributed by atoms with van der Waals surface area (Å²) in [5.74, 6) is 0.589. The highest BCUT2D eigenvalue weighted by Crippen LogP contribution is 2.33. The predicted molar refractivity (Wildman–Crippen MR) is 125 cm³/mol. The minimum atomic E-state index is -0.131. The van der Waals surface area contributed by atoms with E-state index in [1.165, 1.54) is 23.2 Å². The minimum absolute atomic E-state index is 0.118. The summed E-state index contributed by atoms with van der Waals surface area (Å²) in [5.41, 5.74) is 4.23. The van der Waals surface area contributed by atoms with E-state index in [1.807, 2.05) is 37.3 Å². The molecule has 3 aromatic heterocycles. The standard InChI is InChI=1S/C24H23N5O2S/c1-15-20-22(26-12-17-7-4-5-10-25-17)28-14-29-24(20)32-21(15)23(30)27-13-19-18-8-3-2-6-16(18)9-11-31-19/h2-8,10,14,19H,9,11-13H2,1H3,(H,27,30)(H,26,28,29)/t19-/m1/s1. The molecule has 32 heavy (non-hydrogen) atoms. The van der Waals surface area contributed by atoms with Crippen molar-refractivity contribution in [3.8, 4) is 0 Å². The lowest BCUT2D eigenvalue weighted by Crippen LogP contribution is -2.31. The van der Waals surface area contributed by atoms with E-state index in [0.29, 0.717) is 30.4 Å². The van der Waals surface area contributed by atoms with Gasteiger partial charge in [-0.15, -0.1) is 11.3 Å². The van der Waals surface area contributed by atoms with Crippen LogP contribution in [-0.4, -0.2) is 34.0 Å². The molecule has 8 heteroatoms. The maximum absolute atomic E-state index is 13.0. The van der Waals surface area contributed by atoms with Gasteiger partial charge in [-0.1, -0.05) is 30.3 Å². The summed E-state index contributed by atoms with van der Waals surface area (Å²) in [7, 11) is 0. The van der Waals surface area contributed by atoms with Gasteiger partial charge in [-0.25, -0.2) is 9.97 Å². The Labute approximate surface area is 189 Å². The Morgan fingerprint density at radius 1 is 1.16 bits per heavy atom. The highest BCUT2D eigenvalue weighted by atomic mass is 32.1. The summed E-state index contributed by atoms with van der Waals surface area (Å²) in [5, 5.41) is 7.26. The molecule has 0 aliphatic carbocycles. The van der Waals surface area contributed by atoms with Crippen LogP contribution in [0.5, 0.6) is 0 Å². The molecular weight excluding hydrogens is 422 g/mol. The van der Waals surface area contributed by atoms with Gasteiger partial charge in [0.1, 0.15) is 23.1 Å². The van der Waals surface area contributed by atoms with Gasteiger partial charge < -0.3 is 15.4 Å². The molecule has 1 aromatic carbocycles. The number of rotatable bonds is 6. The summed E-state index contributed by atoms with van der Waals surface area (Å²) in [4.78, 5) is 27.6. The fourth-order valence-corrected chi connectivity index (χ4v) is 5.08. The van der Waals surface area contributed by atoms with Crippen LogP contribution >= 0.6 is 11.3 Å². The topological polar surface area (TPSA) is 89.0 Å². The first-order chi connectivity index (χ1) is 15.7. The normalized spacial score (nSPS) is 15.3. The van der Waals surface area contributed by atoms with Gasteiger partial charge in [-0.3, -0.25) is 9.78 Å². The highest BCUT2D eigenvalue weighted by Gasteiger charge is 2.23. The molecule has 0 fully saturated rings. The summed E-state index contributed by atoms with van der Waals surface area (Å²) >= 11 is 1.38. The third-order valence-electron chi connectivity index (χ3n) is 5.64. The van der Waals surface area contributed by atoms with E-state index in [0.717, 1.165) is 33.5 Å². The molecule has 5 rings (SSSR count). The second-order valence-corrected chi connectivity index (χ2v) is 8.65. The van der Waals surface area contributed by atoms with Gasteiger partial charge in [0.25, 0.3) is 5.91 Å². The first-order valence-corrected chi connectivity index (χ1v) is 11.4. The summed E-state index contributed by atoms with van der Waals surface area (Å²) in [6.45, 7) is 3.58. The summed E-state index contributed by atoms with van der Waals surface area (Å²) in [6, 6.07) is 14.0. The van der Waals surface area contributed by atoms with Crippen molar-refractivity contribution in [3.05, 3.63) is 82.3 Å². The second-order valence-electron chi connectivity index (χ2n) is 7.65. The molecule has 1 atom stereocenters. The second kappa shape index (κ2) is 9.02. The first-order valence-electron chi connectivity index (χ1n) is 10.6. The van der Waals surface area contributed by atoms with Crippen LogP contribution in [0, 0.1) is 6.92 Å². The number of amides is 1. The molecule has 1 aliphatic heterocycles. The molecule has 7 nitrogen and oxygen atoms in total. The number of thiophene rings is 1. The van der Waals surface area contributed by atoms with E-state index in [4.69, 9.17) is 4.74 Å². The Kier molecular flexibility index (Phi) is 5.79. The van der Waals surface area contributed by atoms with Gasteiger partial charge in [-0.2, -0.15) is 0 Å². The lowest BCUT2D eigenvalue weighted by molar-refractivity contribution is 0.0412. The molecule has 4 heterocycles. The number of carbonyl (C=O) groups is 1. The molecule has 2 N–H and O–H groups in total. The molecule has 0 saturated heterocycles. The molecule has 0 unspecified atom stereocenters. The van der Waals surface area contributed by atoms with Crippen LogP contribution in [0.3, 0.4) is 0 Å². The van der Waals surface area contributed by atoms with Crippen LogP contribution in [0.4, 0.5) is 5.82 Å². The number of fused-ring (bicyclic) bond motifs is 2. The Morgan fingerprint density at radius 3 is 2.91 bits per heavy atom. The van der Waals surface area contributed by atoms with E-state index in [2.05, 4.69) is 37.7 Å². The number of nitrogens with zero attached hydrogens (tertiary/aromatic N) is 3. The number of hydrogen-bond donors (Lipinski definition) is 2. The average molecular weight is 446 g/mol. The molecule has 4 aromatic rings. The molecule has 1 aliphatic rings. The number of ether oxygens (including phenoxy) is 1. The van der Waals surface area contributed by atoms with Gasteiger partial charge in [0, 0.05) is 12.7 Å². The van der Waals surface area contributed by atoms with Gasteiger partial charge in [0.2, 0.25) is 0 Å². The number of anilines is 1. The van der Waals surface area contributed by atoms with Crippen LogP contribution in [0.1, 0.15) is 38.2 Å². The van der Waals surface area contributed by atoms with Gasteiger partial charge in [-0.05, 0) is 42.2 Å². The van der Waals surface area contributed by atoms with Crippen molar-refractivity contribution in [1.29, 1.82) is 0 Å². The average Bonchev–Trinajstić information content (AvgIpc) is 3.19. The third-order valence-corrected chi connectivity index (χ3v) is 6.84. The number of benzene rings is 1.